The molecule has 0 amide bonds. The summed E-state index contributed by atoms with van der Waals surface area (Å²) in [5.41, 5.74) is 0.167. The number of ketones is 1. The molecule has 0 aliphatic heterocycles. The smallest absolute Gasteiger partial charge is 0.195 e. The van der Waals surface area contributed by atoms with Crippen LogP contribution in [0.15, 0.2) is 66.2 Å². The molecule has 5 aromatic rings. The molecule has 176 valence electrons. The first-order chi connectivity index (χ1) is 17.8. The maximum absolute atomic E-state index is 16.1. The van der Waals surface area contributed by atoms with Gasteiger partial charge in [-0.1, -0.05) is 48.5 Å². The number of fused-ring (bicyclic) bond motifs is 11. The largest absolute Gasteiger partial charge is 0.289 e. The van der Waals surface area contributed by atoms with E-state index in [1.54, 1.807) is 42.5 Å². The lowest BCUT2D eigenvalue weighted by Gasteiger charge is -2.13. The summed E-state index contributed by atoms with van der Waals surface area (Å²) in [7, 11) is 0. The molecule has 0 spiro atoms. The van der Waals surface area contributed by atoms with Crippen LogP contribution in [0.2, 0.25) is 0 Å². The molecular weight excluding hydrogens is 478 g/mol. The Bertz CT molecular complexity index is 2010. The maximum atomic E-state index is 16.1. The number of carbonyl (C=O) groups excluding carboxylic acids is 1. The lowest BCUT2D eigenvalue weighted by Crippen LogP contribution is -2.04. The SMILES string of the molecule is C/C(C#N)=C1/c2cc(F)c3ccccc3c2-c2c3c(c(F)c(F)c21)-c1c(cc(F)c2ccccc12)C3=O. The molecule has 2 nitrogen and oxygen atoms in total. The second-order valence-electron chi connectivity index (χ2n) is 9.22. The van der Waals surface area contributed by atoms with Crippen LogP contribution in [-0.2, 0) is 0 Å². The van der Waals surface area contributed by atoms with E-state index in [1.807, 2.05) is 6.07 Å². The van der Waals surface area contributed by atoms with E-state index in [2.05, 4.69) is 0 Å². The van der Waals surface area contributed by atoms with Gasteiger partial charge in [-0.15, -0.1) is 0 Å². The van der Waals surface area contributed by atoms with E-state index in [-0.39, 0.29) is 66.2 Å². The third-order valence-electron chi connectivity index (χ3n) is 7.40. The van der Waals surface area contributed by atoms with E-state index in [9.17, 15) is 14.4 Å². The normalized spacial score (nSPS) is 14.4. The van der Waals surface area contributed by atoms with Gasteiger partial charge in [-0.05, 0) is 41.0 Å². The van der Waals surface area contributed by atoms with Crippen LogP contribution in [0.3, 0.4) is 0 Å². The zero-order chi connectivity index (χ0) is 25.7. The Morgan fingerprint density at radius 1 is 0.649 bits per heavy atom. The van der Waals surface area contributed by atoms with Crippen LogP contribution >= 0.6 is 0 Å². The number of nitriles is 1. The number of carbonyl (C=O) groups is 1. The first kappa shape index (κ1) is 21.5. The number of allylic oxidation sites excluding steroid dienone is 1. The standard InChI is InChI=1S/C31H13F4NO/c1-13(12-36)22-18-10-20(32)14-6-2-4-8-16(14)23(18)25-26(22)29(34)30(35)27-24-17-9-5-3-7-15(17)21(33)11-19(24)31(37)28(25)27/h2-11H,1H3/b22-13+. The molecule has 2 aliphatic carbocycles. The van der Waals surface area contributed by atoms with Crippen molar-refractivity contribution in [3.63, 3.8) is 0 Å². The monoisotopic (exact) mass is 491 g/mol. The van der Waals surface area contributed by atoms with Crippen LogP contribution in [0.5, 0.6) is 0 Å². The molecule has 0 atom stereocenters. The van der Waals surface area contributed by atoms with Gasteiger partial charge >= 0.3 is 0 Å². The molecule has 0 heterocycles. The Kier molecular flexibility index (Phi) is 4.15. The zero-order valence-corrected chi connectivity index (χ0v) is 19.1. The highest BCUT2D eigenvalue weighted by Crippen LogP contribution is 2.57. The van der Waals surface area contributed by atoms with E-state index in [0.717, 1.165) is 6.07 Å². The van der Waals surface area contributed by atoms with Gasteiger partial charge in [0.2, 0.25) is 0 Å². The second-order valence-corrected chi connectivity index (χ2v) is 9.22. The number of hydrogen-bond donors (Lipinski definition) is 0. The lowest BCUT2D eigenvalue weighted by atomic mass is 9.90. The molecule has 7 rings (SSSR count). The lowest BCUT2D eigenvalue weighted by molar-refractivity contribution is 0.104. The van der Waals surface area contributed by atoms with Crippen molar-refractivity contribution in [1.82, 2.24) is 0 Å². The fourth-order valence-corrected chi connectivity index (χ4v) is 5.93. The summed E-state index contributed by atoms with van der Waals surface area (Å²) in [6, 6.07) is 17.1. The molecule has 37 heavy (non-hydrogen) atoms. The minimum absolute atomic E-state index is 0.0381. The van der Waals surface area contributed by atoms with Crippen LogP contribution < -0.4 is 0 Å². The number of halogens is 4. The third kappa shape index (κ3) is 2.51. The number of hydrogen-bond acceptors (Lipinski definition) is 2. The molecule has 0 N–H and O–H groups in total. The minimum Gasteiger partial charge on any atom is -0.289 e. The van der Waals surface area contributed by atoms with Gasteiger partial charge in [-0.3, -0.25) is 4.79 Å². The Morgan fingerprint density at radius 3 is 1.70 bits per heavy atom. The zero-order valence-electron chi connectivity index (χ0n) is 19.1. The summed E-state index contributed by atoms with van der Waals surface area (Å²) in [5, 5.41) is 10.8. The predicted molar refractivity (Wildman–Crippen MR) is 133 cm³/mol. The van der Waals surface area contributed by atoms with Crippen molar-refractivity contribution in [3.05, 3.63) is 112 Å². The van der Waals surface area contributed by atoms with Crippen molar-refractivity contribution in [2.24, 2.45) is 0 Å². The van der Waals surface area contributed by atoms with Gasteiger partial charge in [0.25, 0.3) is 0 Å². The predicted octanol–water partition coefficient (Wildman–Crippen LogP) is 8.09. The van der Waals surface area contributed by atoms with Crippen LogP contribution in [0.25, 0.3) is 49.4 Å². The summed E-state index contributed by atoms with van der Waals surface area (Å²) in [5.74, 6) is -4.40. The van der Waals surface area contributed by atoms with E-state index in [4.69, 9.17) is 0 Å². The van der Waals surface area contributed by atoms with Gasteiger partial charge in [-0.25, -0.2) is 17.6 Å². The molecule has 5 aromatic carbocycles. The fourth-order valence-electron chi connectivity index (χ4n) is 5.93. The van der Waals surface area contributed by atoms with Gasteiger partial charge in [0, 0.05) is 55.3 Å². The van der Waals surface area contributed by atoms with E-state index < -0.39 is 29.1 Å². The van der Waals surface area contributed by atoms with Crippen LogP contribution in [-0.4, -0.2) is 5.78 Å². The van der Waals surface area contributed by atoms with Crippen LogP contribution in [0.4, 0.5) is 17.6 Å². The van der Waals surface area contributed by atoms with Crippen molar-refractivity contribution < 1.29 is 22.4 Å². The number of nitrogens with zero attached hydrogens (tertiary/aromatic N) is 1. The molecule has 2 aliphatic rings. The molecule has 0 aromatic heterocycles. The first-order valence-corrected chi connectivity index (χ1v) is 11.5. The highest BCUT2D eigenvalue weighted by Gasteiger charge is 2.43. The summed E-state index contributed by atoms with van der Waals surface area (Å²) in [6.45, 7) is 1.44. The van der Waals surface area contributed by atoms with Crippen molar-refractivity contribution in [1.29, 1.82) is 5.26 Å². The van der Waals surface area contributed by atoms with Crippen LogP contribution in [0, 0.1) is 34.6 Å². The Hall–Kier alpha value is -4.76. The summed E-state index contributed by atoms with van der Waals surface area (Å²) < 4.78 is 62.2. The number of benzene rings is 5. The average Bonchev–Trinajstić information content (AvgIpc) is 3.40. The third-order valence-corrected chi connectivity index (χ3v) is 7.40. The summed E-state index contributed by atoms with van der Waals surface area (Å²) in [4.78, 5) is 13.9. The summed E-state index contributed by atoms with van der Waals surface area (Å²) >= 11 is 0. The maximum Gasteiger partial charge on any atom is 0.195 e. The molecule has 0 saturated heterocycles. The molecule has 6 heteroatoms. The van der Waals surface area contributed by atoms with Crippen LogP contribution in [0.1, 0.15) is 34.0 Å². The van der Waals surface area contributed by atoms with Crippen molar-refractivity contribution in [2.75, 3.05) is 0 Å². The highest BCUT2D eigenvalue weighted by atomic mass is 19.2. The molecular formula is C31H13F4NO. The Morgan fingerprint density at radius 2 is 1.14 bits per heavy atom. The Labute approximate surface area is 207 Å². The molecule has 0 fully saturated rings. The van der Waals surface area contributed by atoms with Gasteiger partial charge in [0.05, 0.1) is 6.07 Å². The van der Waals surface area contributed by atoms with Gasteiger partial charge in [0.15, 0.2) is 17.4 Å². The topological polar surface area (TPSA) is 40.9 Å². The van der Waals surface area contributed by atoms with E-state index >= 15 is 13.2 Å². The average molecular weight is 491 g/mol. The summed E-state index contributed by atoms with van der Waals surface area (Å²) in [6.07, 6.45) is 0. The van der Waals surface area contributed by atoms with Crippen molar-refractivity contribution >= 4 is 32.9 Å². The van der Waals surface area contributed by atoms with Crippen molar-refractivity contribution in [2.45, 2.75) is 6.92 Å². The molecule has 0 saturated carbocycles. The Balaban J connectivity index is 1.75. The highest BCUT2D eigenvalue weighted by molar-refractivity contribution is 6.31. The van der Waals surface area contributed by atoms with Gasteiger partial charge < -0.3 is 0 Å². The van der Waals surface area contributed by atoms with E-state index in [0.29, 0.717) is 10.9 Å². The number of rotatable bonds is 0. The molecule has 0 bridgehead atoms. The second kappa shape index (κ2) is 7.14. The molecule has 0 unspecified atom stereocenters. The minimum atomic E-state index is -1.27. The fraction of sp³-hybridized carbons (Fsp3) is 0.0323. The van der Waals surface area contributed by atoms with Gasteiger partial charge in [0.1, 0.15) is 11.6 Å². The first-order valence-electron chi connectivity index (χ1n) is 11.5. The molecule has 0 radical (unpaired) electrons. The van der Waals surface area contributed by atoms with E-state index in [1.165, 1.54) is 19.1 Å². The van der Waals surface area contributed by atoms with Gasteiger partial charge in [-0.2, -0.15) is 5.26 Å². The quantitative estimate of drug-likeness (QED) is 0.159. The van der Waals surface area contributed by atoms with Crippen molar-refractivity contribution in [3.8, 4) is 28.3 Å².